The zero-order chi connectivity index (χ0) is 19.3. The number of rotatable bonds is 3. The molecule has 0 aliphatic carbocycles. The molecule has 2 atom stereocenters. The van der Waals surface area contributed by atoms with E-state index >= 15 is 0 Å². The van der Waals surface area contributed by atoms with Crippen molar-refractivity contribution in [1.82, 2.24) is 29.8 Å². The Bertz CT molecular complexity index is 1030. The molecule has 2 aliphatic rings. The van der Waals surface area contributed by atoms with E-state index in [-0.39, 0.29) is 12.1 Å². The number of halogens is 1. The third-order valence-corrected chi connectivity index (χ3v) is 5.93. The van der Waals surface area contributed by atoms with Crippen LogP contribution in [-0.4, -0.2) is 68.9 Å². The van der Waals surface area contributed by atoms with Gasteiger partial charge < -0.3 is 9.64 Å². The van der Waals surface area contributed by atoms with Crippen LogP contribution in [0, 0.1) is 0 Å². The lowest BCUT2D eigenvalue weighted by molar-refractivity contribution is 0.0984. The van der Waals surface area contributed by atoms with Gasteiger partial charge in [-0.05, 0) is 35.0 Å². The van der Waals surface area contributed by atoms with E-state index in [2.05, 4.69) is 49.1 Å². The van der Waals surface area contributed by atoms with Crippen LogP contribution in [0.15, 0.2) is 28.0 Å². The lowest BCUT2D eigenvalue weighted by atomic mass is 10.0. The smallest absolute Gasteiger partial charge is 0.180 e. The number of aromatic amines is 1. The number of H-pyrrole nitrogens is 1. The molecule has 9 nitrogen and oxygen atoms in total. The predicted molar refractivity (Wildman–Crippen MR) is 110 cm³/mol. The zero-order valence-corrected chi connectivity index (χ0v) is 17.3. The lowest BCUT2D eigenvalue weighted by Gasteiger charge is -2.34. The number of nitrogens with one attached hydrogen (secondary N) is 1. The summed E-state index contributed by atoms with van der Waals surface area (Å²) in [5.41, 5.74) is 2.92. The molecule has 2 aliphatic heterocycles. The highest BCUT2D eigenvalue weighted by atomic mass is 79.9. The summed E-state index contributed by atoms with van der Waals surface area (Å²) in [6, 6.07) is 4.48. The molecule has 1 saturated heterocycles. The Hall–Kier alpha value is -2.46. The van der Waals surface area contributed by atoms with Crippen molar-refractivity contribution in [3.8, 4) is 11.5 Å². The molecule has 0 saturated carbocycles. The average molecular weight is 445 g/mol. The van der Waals surface area contributed by atoms with E-state index in [4.69, 9.17) is 14.8 Å². The van der Waals surface area contributed by atoms with Crippen molar-refractivity contribution in [3.63, 3.8) is 0 Å². The number of hydrazone groups is 1. The summed E-state index contributed by atoms with van der Waals surface area (Å²) >= 11 is 3.65. The van der Waals surface area contributed by atoms with E-state index in [1.54, 1.807) is 6.20 Å². The number of fused-ring (bicyclic) bond motifs is 1. The second kappa shape index (κ2) is 6.85. The minimum atomic E-state index is 0.142. The van der Waals surface area contributed by atoms with E-state index in [0.717, 1.165) is 46.0 Å². The molecular formula is C18H21BrN8O. The van der Waals surface area contributed by atoms with Crippen molar-refractivity contribution in [2.24, 2.45) is 5.10 Å². The summed E-state index contributed by atoms with van der Waals surface area (Å²) in [6.07, 6.45) is 4.53. The van der Waals surface area contributed by atoms with E-state index < -0.39 is 0 Å². The molecule has 1 fully saturated rings. The molecule has 3 aromatic heterocycles. The molecule has 0 aromatic carbocycles. The lowest BCUT2D eigenvalue weighted by Crippen LogP contribution is -2.44. The van der Waals surface area contributed by atoms with Gasteiger partial charge in [0.05, 0.1) is 25.3 Å². The second-order valence-corrected chi connectivity index (χ2v) is 7.91. The first-order valence-electron chi connectivity index (χ1n) is 9.32. The minimum Gasteiger partial charge on any atom is -0.377 e. The van der Waals surface area contributed by atoms with Crippen LogP contribution >= 0.6 is 15.9 Å². The summed E-state index contributed by atoms with van der Waals surface area (Å²) in [7, 11) is 2.00. The number of ether oxygens (including phenoxy) is 1. The van der Waals surface area contributed by atoms with Crippen LogP contribution in [0.25, 0.3) is 17.0 Å². The highest BCUT2D eigenvalue weighted by Gasteiger charge is 2.29. The maximum atomic E-state index is 5.62. The number of nitrogens with zero attached hydrogens (tertiary/aromatic N) is 7. The molecule has 1 unspecified atom stereocenters. The third-order valence-electron chi connectivity index (χ3n) is 5.38. The fourth-order valence-electron chi connectivity index (χ4n) is 3.92. The van der Waals surface area contributed by atoms with Crippen LogP contribution in [0.3, 0.4) is 0 Å². The highest BCUT2D eigenvalue weighted by Crippen LogP contribution is 2.37. The first kappa shape index (κ1) is 17.6. The highest BCUT2D eigenvalue weighted by molar-refractivity contribution is 9.10. The number of imidazole rings is 1. The van der Waals surface area contributed by atoms with Gasteiger partial charge in [0, 0.05) is 38.0 Å². The Morgan fingerprint density at radius 1 is 1.36 bits per heavy atom. The van der Waals surface area contributed by atoms with Gasteiger partial charge in [-0.3, -0.25) is 10.1 Å². The first-order chi connectivity index (χ1) is 13.6. The van der Waals surface area contributed by atoms with Gasteiger partial charge in [-0.2, -0.15) is 10.2 Å². The van der Waals surface area contributed by atoms with Gasteiger partial charge in [-0.1, -0.05) is 0 Å². The Morgan fingerprint density at radius 3 is 2.96 bits per heavy atom. The Kier molecular flexibility index (Phi) is 4.31. The van der Waals surface area contributed by atoms with Gasteiger partial charge >= 0.3 is 0 Å². The van der Waals surface area contributed by atoms with E-state index in [9.17, 15) is 0 Å². The van der Waals surface area contributed by atoms with Gasteiger partial charge in [-0.15, -0.1) is 5.10 Å². The Labute approximate surface area is 170 Å². The zero-order valence-electron chi connectivity index (χ0n) is 15.7. The van der Waals surface area contributed by atoms with E-state index in [0.29, 0.717) is 13.2 Å². The molecule has 3 aromatic rings. The van der Waals surface area contributed by atoms with Crippen molar-refractivity contribution in [2.75, 3.05) is 31.7 Å². The van der Waals surface area contributed by atoms with Gasteiger partial charge in [0.2, 0.25) is 0 Å². The summed E-state index contributed by atoms with van der Waals surface area (Å²) in [4.78, 5) is 7.04. The predicted octanol–water partition coefficient (Wildman–Crippen LogP) is 2.47. The molecule has 0 amide bonds. The van der Waals surface area contributed by atoms with Crippen LogP contribution in [0.2, 0.25) is 0 Å². The molecule has 28 heavy (non-hydrogen) atoms. The number of hydrogen-bond acceptors (Lipinski definition) is 7. The molecule has 146 valence electrons. The van der Waals surface area contributed by atoms with Crippen molar-refractivity contribution >= 4 is 33.5 Å². The van der Waals surface area contributed by atoms with Gasteiger partial charge in [0.15, 0.2) is 5.82 Å². The molecule has 0 spiro atoms. The van der Waals surface area contributed by atoms with Crippen molar-refractivity contribution in [3.05, 3.63) is 28.5 Å². The normalized spacial score (nSPS) is 22.5. The molecular weight excluding hydrogens is 424 g/mol. The third kappa shape index (κ3) is 2.78. The van der Waals surface area contributed by atoms with Crippen LogP contribution < -0.4 is 4.90 Å². The summed E-state index contributed by atoms with van der Waals surface area (Å²) in [5.74, 6) is 1.65. The minimum absolute atomic E-state index is 0.142. The van der Waals surface area contributed by atoms with Gasteiger partial charge in [-0.25, -0.2) is 9.50 Å². The molecule has 0 radical (unpaired) electrons. The first-order valence-corrected chi connectivity index (χ1v) is 10.1. The van der Waals surface area contributed by atoms with Crippen LogP contribution in [0.1, 0.15) is 24.9 Å². The van der Waals surface area contributed by atoms with E-state index in [1.165, 1.54) is 0 Å². The number of anilines is 1. The fraction of sp³-hybridized carbons (Fsp3) is 0.444. The SMILES string of the molecule is C[C@@H]1COCCN1c1cc(C2CC=NN2C)c2c(Br)nc(-c3ccn[nH]3)n2n1. The van der Waals surface area contributed by atoms with Crippen molar-refractivity contribution in [2.45, 2.75) is 25.4 Å². The Balaban J connectivity index is 1.74. The van der Waals surface area contributed by atoms with Gasteiger partial charge in [0.25, 0.3) is 0 Å². The molecule has 5 rings (SSSR count). The van der Waals surface area contributed by atoms with Crippen LogP contribution in [0.4, 0.5) is 5.82 Å². The number of aromatic nitrogens is 5. The quantitative estimate of drug-likeness (QED) is 0.667. The number of morpholine rings is 1. The summed E-state index contributed by atoms with van der Waals surface area (Å²) in [5, 5.41) is 18.5. The number of hydrogen-bond donors (Lipinski definition) is 1. The van der Waals surface area contributed by atoms with Crippen molar-refractivity contribution in [1.29, 1.82) is 0 Å². The van der Waals surface area contributed by atoms with Gasteiger partial charge in [0.1, 0.15) is 21.6 Å². The monoisotopic (exact) mass is 444 g/mol. The topological polar surface area (TPSA) is 86.9 Å². The molecule has 1 N–H and O–H groups in total. The standard InChI is InChI=1S/C18H21BrN8O/c1-11-10-28-8-7-26(11)15-9-12(14-4-6-21-25(14)2)16-17(19)22-18(27(16)24-15)13-3-5-20-23-13/h3,5-6,9,11,14H,4,7-8,10H2,1-2H3,(H,20,23)/t11-,14?/m1/s1. The average Bonchev–Trinajstić information content (AvgIpc) is 3.42. The maximum absolute atomic E-state index is 5.62. The summed E-state index contributed by atoms with van der Waals surface area (Å²) in [6.45, 7) is 4.37. The van der Waals surface area contributed by atoms with E-state index in [1.807, 2.05) is 28.9 Å². The molecule has 5 heterocycles. The molecule has 10 heteroatoms. The fourth-order valence-corrected chi connectivity index (χ4v) is 4.48. The summed E-state index contributed by atoms with van der Waals surface area (Å²) < 4.78 is 8.30. The van der Waals surface area contributed by atoms with Crippen molar-refractivity contribution < 1.29 is 4.74 Å². The van der Waals surface area contributed by atoms with Crippen LogP contribution in [0.5, 0.6) is 0 Å². The van der Waals surface area contributed by atoms with Crippen LogP contribution in [-0.2, 0) is 4.74 Å². The molecule has 0 bridgehead atoms. The second-order valence-electron chi connectivity index (χ2n) is 7.16. The Morgan fingerprint density at radius 2 is 2.25 bits per heavy atom. The maximum Gasteiger partial charge on any atom is 0.180 e. The largest absolute Gasteiger partial charge is 0.377 e.